The Balaban J connectivity index is 0.000000146. The van der Waals surface area contributed by atoms with Gasteiger partial charge in [0, 0.05) is 11.5 Å². The van der Waals surface area contributed by atoms with E-state index in [1.54, 1.807) is 0 Å². The molecule has 4 heteroatoms. The Kier molecular flexibility index (Phi) is 5.71. The van der Waals surface area contributed by atoms with Crippen molar-refractivity contribution in [3.8, 4) is 0 Å². The van der Waals surface area contributed by atoms with Crippen LogP contribution in [0.25, 0.3) is 0 Å². The van der Waals surface area contributed by atoms with Gasteiger partial charge in [-0.05, 0) is 37.1 Å². The second-order valence-electron chi connectivity index (χ2n) is 2.82. The van der Waals surface area contributed by atoms with Gasteiger partial charge in [-0.2, -0.15) is 0 Å². The second kappa shape index (κ2) is 6.90. The first kappa shape index (κ1) is 11.6. The van der Waals surface area contributed by atoms with E-state index in [1.807, 2.05) is 21.6 Å². The van der Waals surface area contributed by atoms with Crippen LogP contribution >= 0.6 is 21.6 Å². The fourth-order valence-electron chi connectivity index (χ4n) is 0.879. The van der Waals surface area contributed by atoms with Crippen molar-refractivity contribution in [2.45, 2.75) is 12.8 Å². The maximum atomic E-state index is 10.3. The maximum absolute atomic E-state index is 10.3. The molecule has 1 aliphatic carbocycles. The number of allylic oxidation sites excluding steroid dienone is 4. The molecule has 2 aliphatic rings. The first-order valence-corrected chi connectivity index (χ1v) is 6.96. The van der Waals surface area contributed by atoms with Crippen LogP contribution in [-0.2, 0) is 9.59 Å². The number of hydrogen-bond donors (Lipinski definition) is 0. The molecule has 0 atom stereocenters. The van der Waals surface area contributed by atoms with Crippen LogP contribution in [0.4, 0.5) is 0 Å². The maximum Gasteiger partial charge on any atom is 0.178 e. The average molecular weight is 228 g/mol. The molecule has 2 rings (SSSR count). The van der Waals surface area contributed by atoms with Gasteiger partial charge < -0.3 is 0 Å². The summed E-state index contributed by atoms with van der Waals surface area (Å²) >= 11 is 0. The summed E-state index contributed by atoms with van der Waals surface area (Å²) in [6, 6.07) is 0. The lowest BCUT2D eigenvalue weighted by atomic mass is 10.2. The molecule has 0 N–H and O–H groups in total. The van der Waals surface area contributed by atoms with Crippen molar-refractivity contribution in [3.05, 3.63) is 24.3 Å². The van der Waals surface area contributed by atoms with E-state index < -0.39 is 0 Å². The van der Waals surface area contributed by atoms with Gasteiger partial charge in [-0.3, -0.25) is 9.59 Å². The molecule has 1 heterocycles. The minimum absolute atomic E-state index is 0.121. The largest absolute Gasteiger partial charge is 0.290 e. The Morgan fingerprint density at radius 1 is 0.786 bits per heavy atom. The molecule has 0 unspecified atom stereocenters. The van der Waals surface area contributed by atoms with Gasteiger partial charge in [-0.15, -0.1) is 0 Å². The van der Waals surface area contributed by atoms with Gasteiger partial charge in [-0.1, -0.05) is 21.6 Å². The van der Waals surface area contributed by atoms with Gasteiger partial charge in [0.1, 0.15) is 0 Å². The van der Waals surface area contributed by atoms with Gasteiger partial charge in [0.05, 0.1) is 0 Å². The van der Waals surface area contributed by atoms with Crippen molar-refractivity contribution in [1.29, 1.82) is 0 Å². The predicted octanol–water partition coefficient (Wildman–Crippen LogP) is 2.41. The molecule has 0 radical (unpaired) electrons. The first-order chi connectivity index (χ1) is 6.79. The zero-order valence-corrected chi connectivity index (χ0v) is 9.40. The Hall–Kier alpha value is -0.480. The summed E-state index contributed by atoms with van der Waals surface area (Å²) in [6.07, 6.45) is 7.89. The van der Waals surface area contributed by atoms with E-state index >= 15 is 0 Å². The predicted molar refractivity (Wildman–Crippen MR) is 62.4 cm³/mol. The van der Waals surface area contributed by atoms with Crippen molar-refractivity contribution in [2.24, 2.45) is 0 Å². The van der Waals surface area contributed by atoms with E-state index in [4.69, 9.17) is 0 Å². The van der Waals surface area contributed by atoms with Crippen LogP contribution in [0.5, 0.6) is 0 Å². The van der Waals surface area contributed by atoms with Crippen LogP contribution in [0, 0.1) is 0 Å². The second-order valence-corrected chi connectivity index (χ2v) is 5.52. The monoisotopic (exact) mass is 228 g/mol. The van der Waals surface area contributed by atoms with Gasteiger partial charge in [0.2, 0.25) is 0 Å². The summed E-state index contributed by atoms with van der Waals surface area (Å²) in [5.74, 6) is 2.52. The van der Waals surface area contributed by atoms with Crippen LogP contribution in [0.2, 0.25) is 0 Å². The van der Waals surface area contributed by atoms with E-state index in [-0.39, 0.29) is 11.6 Å². The molecule has 0 aromatic rings. The molecule has 0 amide bonds. The first-order valence-electron chi connectivity index (χ1n) is 4.47. The van der Waals surface area contributed by atoms with Gasteiger partial charge in [0.25, 0.3) is 0 Å². The van der Waals surface area contributed by atoms with E-state index in [9.17, 15) is 9.59 Å². The van der Waals surface area contributed by atoms with Crippen molar-refractivity contribution in [1.82, 2.24) is 0 Å². The van der Waals surface area contributed by atoms with E-state index in [1.165, 1.54) is 48.7 Å². The standard InChI is InChI=1S/C6H4O2.C4H8S2/c7-5-1-2-6(8)4-3-5;1-2-4-6-5-3-1/h1-4H;1-4H2. The molecule has 0 aromatic heterocycles. The minimum Gasteiger partial charge on any atom is -0.290 e. The summed E-state index contributed by atoms with van der Waals surface area (Å²) in [7, 11) is 4.02. The highest BCUT2D eigenvalue weighted by Crippen LogP contribution is 2.28. The Morgan fingerprint density at radius 2 is 1.14 bits per heavy atom. The SMILES string of the molecule is C1CCSSC1.O=C1C=CC(=O)C=C1. The smallest absolute Gasteiger partial charge is 0.178 e. The lowest BCUT2D eigenvalue weighted by Crippen LogP contribution is -1.97. The lowest BCUT2D eigenvalue weighted by molar-refractivity contribution is -0.113. The molecule has 1 saturated heterocycles. The van der Waals surface area contributed by atoms with Crippen LogP contribution in [0.15, 0.2) is 24.3 Å². The van der Waals surface area contributed by atoms with Gasteiger partial charge in [-0.25, -0.2) is 0 Å². The van der Waals surface area contributed by atoms with Crippen molar-refractivity contribution in [3.63, 3.8) is 0 Å². The summed E-state index contributed by atoms with van der Waals surface area (Å²) in [5, 5.41) is 0. The fourth-order valence-corrected chi connectivity index (χ4v) is 3.17. The summed E-state index contributed by atoms with van der Waals surface area (Å²) in [4.78, 5) is 20.6. The highest BCUT2D eigenvalue weighted by Gasteiger charge is 1.98. The van der Waals surface area contributed by atoms with Crippen LogP contribution < -0.4 is 0 Å². The van der Waals surface area contributed by atoms with Crippen LogP contribution in [0.3, 0.4) is 0 Å². The topological polar surface area (TPSA) is 34.1 Å². The molecule has 14 heavy (non-hydrogen) atoms. The fraction of sp³-hybridized carbons (Fsp3) is 0.400. The van der Waals surface area contributed by atoms with Crippen molar-refractivity contribution >= 4 is 33.2 Å². The number of ketones is 2. The quantitative estimate of drug-likeness (QED) is 0.471. The zero-order chi connectivity index (χ0) is 10.2. The Bertz CT molecular complexity index is 216. The number of carbonyl (C=O) groups excluding carboxylic acids is 2. The molecule has 1 fully saturated rings. The van der Waals surface area contributed by atoms with Crippen LogP contribution in [0.1, 0.15) is 12.8 Å². The average Bonchev–Trinajstić information content (AvgIpc) is 2.26. The molecule has 2 nitrogen and oxygen atoms in total. The van der Waals surface area contributed by atoms with Crippen molar-refractivity contribution < 1.29 is 9.59 Å². The third kappa shape index (κ3) is 5.29. The highest BCUT2D eigenvalue weighted by atomic mass is 33.1. The Morgan fingerprint density at radius 3 is 1.36 bits per heavy atom. The van der Waals surface area contributed by atoms with E-state index in [2.05, 4.69) is 0 Å². The lowest BCUT2D eigenvalue weighted by Gasteiger charge is -2.04. The molecular weight excluding hydrogens is 216 g/mol. The molecule has 0 spiro atoms. The van der Waals surface area contributed by atoms with E-state index in [0.717, 1.165) is 0 Å². The van der Waals surface area contributed by atoms with Crippen molar-refractivity contribution in [2.75, 3.05) is 11.5 Å². The normalized spacial score (nSPS) is 20.3. The number of hydrogen-bond acceptors (Lipinski definition) is 4. The zero-order valence-electron chi connectivity index (χ0n) is 7.77. The number of carbonyl (C=O) groups is 2. The van der Waals surface area contributed by atoms with Crippen LogP contribution in [-0.4, -0.2) is 23.1 Å². The molecule has 0 aromatic carbocycles. The van der Waals surface area contributed by atoms with E-state index in [0.29, 0.717) is 0 Å². The molecule has 0 saturated carbocycles. The number of rotatable bonds is 0. The summed E-state index contributed by atoms with van der Waals surface area (Å²) < 4.78 is 0. The third-order valence-corrected chi connectivity index (χ3v) is 4.19. The molecular formula is C10H12O2S2. The molecule has 76 valence electrons. The third-order valence-electron chi connectivity index (χ3n) is 1.61. The molecule has 0 bridgehead atoms. The van der Waals surface area contributed by atoms with Gasteiger partial charge >= 0.3 is 0 Å². The molecule has 1 aliphatic heterocycles. The van der Waals surface area contributed by atoms with Gasteiger partial charge in [0.15, 0.2) is 11.6 Å². The summed E-state index contributed by atoms with van der Waals surface area (Å²) in [6.45, 7) is 0. The summed E-state index contributed by atoms with van der Waals surface area (Å²) in [5.41, 5.74) is 0. The Labute approximate surface area is 91.6 Å². The highest BCUT2D eigenvalue weighted by molar-refractivity contribution is 8.76. The minimum atomic E-state index is -0.121.